The molecule has 0 bridgehead atoms. The fourth-order valence-electron chi connectivity index (χ4n) is 5.39. The van der Waals surface area contributed by atoms with Crippen LogP contribution in [0, 0.1) is 29.4 Å². The zero-order valence-corrected chi connectivity index (χ0v) is 17.8. The largest absolute Gasteiger partial charge is 0.461 e. The quantitative estimate of drug-likeness (QED) is 0.412. The van der Waals surface area contributed by atoms with Gasteiger partial charge in [-0.15, -0.1) is 0 Å². The van der Waals surface area contributed by atoms with E-state index in [1.165, 1.54) is 31.4 Å². The number of alkyl halides is 4. The Morgan fingerprint density at radius 3 is 2.28 bits per heavy atom. The van der Waals surface area contributed by atoms with Gasteiger partial charge in [-0.3, -0.25) is 0 Å². The van der Waals surface area contributed by atoms with Gasteiger partial charge in [-0.05, 0) is 85.1 Å². The predicted octanol–water partition coefficient (Wildman–Crippen LogP) is 8.19. The Morgan fingerprint density at radius 1 is 0.875 bits per heavy atom. The normalized spacial score (nSPS) is 26.1. The summed E-state index contributed by atoms with van der Waals surface area (Å²) >= 11 is 0. The van der Waals surface area contributed by atoms with Crippen LogP contribution in [0.2, 0.25) is 0 Å². The minimum absolute atomic E-state index is 0.111. The molecule has 2 saturated carbocycles. The smallest absolute Gasteiger partial charge is 0.425 e. The van der Waals surface area contributed by atoms with Crippen molar-refractivity contribution >= 4 is 0 Å². The van der Waals surface area contributed by atoms with Crippen LogP contribution in [0.3, 0.4) is 0 Å². The van der Waals surface area contributed by atoms with E-state index < -0.39 is 29.9 Å². The molecule has 0 radical (unpaired) electrons. The number of benzene rings is 2. The van der Waals surface area contributed by atoms with Gasteiger partial charge in [0.1, 0.15) is 5.82 Å². The molecule has 2 fully saturated rings. The lowest BCUT2D eigenvalue weighted by molar-refractivity contribution is -0.254. The summed E-state index contributed by atoms with van der Waals surface area (Å²) < 4.78 is 83.6. The van der Waals surface area contributed by atoms with Crippen LogP contribution < -0.4 is 4.74 Å². The van der Waals surface area contributed by atoms with Gasteiger partial charge in [0.25, 0.3) is 0 Å². The van der Waals surface area contributed by atoms with Crippen molar-refractivity contribution in [2.24, 2.45) is 17.8 Å². The second kappa shape index (κ2) is 8.99. The van der Waals surface area contributed by atoms with E-state index in [1.54, 1.807) is 6.07 Å². The van der Waals surface area contributed by atoms with Crippen LogP contribution in [0.25, 0.3) is 11.1 Å². The third-order valence-corrected chi connectivity index (χ3v) is 7.08. The summed E-state index contributed by atoms with van der Waals surface area (Å²) in [4.78, 5) is 0. The molecule has 0 saturated heterocycles. The van der Waals surface area contributed by atoms with Gasteiger partial charge in [0.2, 0.25) is 0 Å². The van der Waals surface area contributed by atoms with E-state index >= 15 is 0 Å². The maximum Gasteiger partial charge on any atom is 0.461 e. The molecule has 2 aromatic carbocycles. The van der Waals surface area contributed by atoms with E-state index in [-0.39, 0.29) is 17.0 Å². The third kappa shape index (κ3) is 4.76. The minimum atomic E-state index is -4.81. The predicted molar refractivity (Wildman–Crippen MR) is 110 cm³/mol. The first-order valence-corrected chi connectivity index (χ1v) is 11.1. The molecule has 4 rings (SSSR count). The highest BCUT2D eigenvalue weighted by Gasteiger charge is 2.44. The number of rotatable bonds is 5. The minimum Gasteiger partial charge on any atom is -0.425 e. The second-order valence-corrected chi connectivity index (χ2v) is 9.30. The van der Waals surface area contributed by atoms with Gasteiger partial charge in [0, 0.05) is 5.56 Å². The van der Waals surface area contributed by atoms with Gasteiger partial charge in [-0.1, -0.05) is 31.5 Å². The topological polar surface area (TPSA) is 9.23 Å². The highest BCUT2D eigenvalue weighted by molar-refractivity contribution is 5.65. The molecule has 0 aliphatic heterocycles. The van der Waals surface area contributed by atoms with Crippen molar-refractivity contribution in [1.82, 2.24) is 0 Å². The molecule has 0 heterocycles. The first kappa shape index (κ1) is 23.0. The Labute approximate surface area is 183 Å². The monoisotopic (exact) mass is 456 g/mol. The maximum absolute atomic E-state index is 14.9. The van der Waals surface area contributed by atoms with Crippen LogP contribution in [-0.4, -0.2) is 12.5 Å². The number of hydrogen-bond acceptors (Lipinski definition) is 1. The van der Waals surface area contributed by atoms with Crippen molar-refractivity contribution in [3.05, 3.63) is 53.6 Å². The number of hydrogen-bond donors (Lipinski definition) is 0. The van der Waals surface area contributed by atoms with E-state index in [0.29, 0.717) is 5.92 Å². The summed E-state index contributed by atoms with van der Waals surface area (Å²) in [5.41, 5.74) is 1.14. The highest BCUT2D eigenvalue weighted by atomic mass is 19.3. The fraction of sp³-hybridized carbons (Fsp3) is 0.520. The van der Waals surface area contributed by atoms with Gasteiger partial charge in [-0.2, -0.15) is 17.6 Å². The van der Waals surface area contributed by atoms with Crippen LogP contribution in [-0.2, 0) is 0 Å². The van der Waals surface area contributed by atoms with Gasteiger partial charge >= 0.3 is 12.5 Å². The molecule has 2 aliphatic carbocycles. The van der Waals surface area contributed by atoms with Gasteiger partial charge in [0.05, 0.1) is 0 Å². The van der Waals surface area contributed by atoms with Crippen LogP contribution in [0.15, 0.2) is 36.4 Å². The molecular weight excluding hydrogens is 430 g/mol. The lowest BCUT2D eigenvalue weighted by Gasteiger charge is -2.41. The number of halogens is 6. The molecule has 0 aromatic heterocycles. The fourth-order valence-corrected chi connectivity index (χ4v) is 5.39. The lowest BCUT2D eigenvalue weighted by Crippen LogP contribution is -2.33. The van der Waals surface area contributed by atoms with Crippen LogP contribution in [0.5, 0.6) is 5.75 Å². The SMILES string of the molecule is CC1CCC2CC(c3ccc(-c4ccc(OC(F)(F)C(F)F)c(F)c4)c(F)c3)CCC2C1. The van der Waals surface area contributed by atoms with Crippen LogP contribution in [0.4, 0.5) is 26.3 Å². The molecule has 2 aromatic rings. The molecule has 0 N–H and O–H groups in total. The molecule has 0 spiro atoms. The molecule has 4 atom stereocenters. The summed E-state index contributed by atoms with van der Waals surface area (Å²) in [6, 6.07) is 7.65. The van der Waals surface area contributed by atoms with Crippen molar-refractivity contribution < 1.29 is 31.1 Å². The standard InChI is InChI=1S/C25H26F6O/c1-14-2-3-16-11-17(5-4-15(16)10-14)18-6-8-20(21(26)12-18)19-7-9-23(22(27)13-19)32-25(30,31)24(28)29/h6-9,12-17,24H,2-5,10-11H2,1H3. The van der Waals surface area contributed by atoms with Crippen LogP contribution in [0.1, 0.15) is 56.9 Å². The van der Waals surface area contributed by atoms with E-state index in [9.17, 15) is 26.3 Å². The Balaban J connectivity index is 1.49. The van der Waals surface area contributed by atoms with Crippen LogP contribution >= 0.6 is 0 Å². The van der Waals surface area contributed by atoms with Gasteiger partial charge < -0.3 is 4.74 Å². The molecule has 174 valence electrons. The molecule has 7 heteroatoms. The third-order valence-electron chi connectivity index (χ3n) is 7.08. The van der Waals surface area contributed by atoms with Crippen molar-refractivity contribution in [3.8, 4) is 16.9 Å². The summed E-state index contributed by atoms with van der Waals surface area (Å²) in [6.07, 6.45) is -1.95. The second-order valence-electron chi connectivity index (χ2n) is 9.30. The van der Waals surface area contributed by atoms with Crippen molar-refractivity contribution in [2.75, 3.05) is 0 Å². The summed E-state index contributed by atoms with van der Waals surface area (Å²) in [5, 5.41) is 0. The molecule has 32 heavy (non-hydrogen) atoms. The number of ether oxygens (including phenoxy) is 1. The van der Waals surface area contributed by atoms with Gasteiger partial charge in [-0.25, -0.2) is 8.78 Å². The molecule has 1 nitrogen and oxygen atoms in total. The Kier molecular flexibility index (Phi) is 6.46. The van der Waals surface area contributed by atoms with E-state index in [0.717, 1.165) is 48.8 Å². The lowest BCUT2D eigenvalue weighted by atomic mass is 9.64. The zero-order chi connectivity index (χ0) is 23.0. The molecule has 0 amide bonds. The molecule has 2 aliphatic rings. The average Bonchev–Trinajstić information content (AvgIpc) is 2.74. The first-order chi connectivity index (χ1) is 15.1. The summed E-state index contributed by atoms with van der Waals surface area (Å²) in [5.74, 6) is -0.305. The maximum atomic E-state index is 14.9. The van der Waals surface area contributed by atoms with Crippen molar-refractivity contribution in [3.63, 3.8) is 0 Å². The zero-order valence-electron chi connectivity index (χ0n) is 17.8. The Bertz CT molecular complexity index is 959. The van der Waals surface area contributed by atoms with Crippen molar-refractivity contribution in [1.29, 1.82) is 0 Å². The summed E-state index contributed by atoms with van der Waals surface area (Å²) in [7, 11) is 0. The van der Waals surface area contributed by atoms with E-state index in [1.807, 2.05) is 6.07 Å². The average molecular weight is 456 g/mol. The highest BCUT2D eigenvalue weighted by Crippen LogP contribution is 2.47. The Morgan fingerprint density at radius 2 is 1.59 bits per heavy atom. The Hall–Kier alpha value is -2.18. The van der Waals surface area contributed by atoms with E-state index in [2.05, 4.69) is 11.7 Å². The molecular formula is C25H26F6O. The molecule has 4 unspecified atom stereocenters. The summed E-state index contributed by atoms with van der Waals surface area (Å²) in [6.45, 7) is 2.31. The van der Waals surface area contributed by atoms with E-state index in [4.69, 9.17) is 0 Å². The first-order valence-electron chi connectivity index (χ1n) is 11.1. The number of fused-ring (bicyclic) bond motifs is 1. The van der Waals surface area contributed by atoms with Gasteiger partial charge in [0.15, 0.2) is 11.6 Å². The van der Waals surface area contributed by atoms with Crippen molar-refractivity contribution in [2.45, 2.75) is 63.9 Å².